The largest absolute Gasteiger partial charge is 0.494 e. The summed E-state index contributed by atoms with van der Waals surface area (Å²) in [5.74, 6) is 1.60. The highest BCUT2D eigenvalue weighted by molar-refractivity contribution is 7.07. The van der Waals surface area contributed by atoms with Crippen LogP contribution < -0.4 is 34.4 Å². The molecule has 4 aromatic rings. The van der Waals surface area contributed by atoms with Gasteiger partial charge in [-0.05, 0) is 81.3 Å². The van der Waals surface area contributed by atoms with Crippen LogP contribution >= 0.6 is 11.3 Å². The Morgan fingerprint density at radius 1 is 1.07 bits per heavy atom. The van der Waals surface area contributed by atoms with E-state index in [1.54, 1.807) is 18.6 Å². The SMILES string of the molecule is CCOc1ccc([C@H]2C(C(=O)Nc3ccccc3)=C(C)N=c3s/c(=C\c4ccc(OC(C)C)c(OC)c4)c(=O)n32)cc1. The van der Waals surface area contributed by atoms with Crippen LogP contribution in [-0.2, 0) is 4.79 Å². The lowest BCUT2D eigenvalue weighted by atomic mass is 9.95. The second-order valence-electron chi connectivity index (χ2n) is 9.98. The number of carbonyl (C=O) groups is 1. The lowest BCUT2D eigenvalue weighted by Crippen LogP contribution is -2.40. The third kappa shape index (κ3) is 6.01. The molecule has 0 spiro atoms. The number of aromatic nitrogens is 1. The lowest BCUT2D eigenvalue weighted by Gasteiger charge is -2.25. The molecule has 1 amide bonds. The van der Waals surface area contributed by atoms with Crippen molar-refractivity contribution in [2.75, 3.05) is 19.0 Å². The van der Waals surface area contributed by atoms with Gasteiger partial charge in [0, 0.05) is 5.69 Å². The van der Waals surface area contributed by atoms with Gasteiger partial charge < -0.3 is 19.5 Å². The molecule has 1 aliphatic heterocycles. The van der Waals surface area contributed by atoms with Crippen molar-refractivity contribution in [3.63, 3.8) is 0 Å². The van der Waals surface area contributed by atoms with Gasteiger partial charge in [0.05, 0.1) is 41.7 Å². The highest BCUT2D eigenvalue weighted by atomic mass is 32.1. The van der Waals surface area contributed by atoms with Gasteiger partial charge in [0.15, 0.2) is 16.3 Å². The fraction of sp³-hybridized carbons (Fsp3) is 0.242. The monoisotopic (exact) mass is 583 g/mol. The van der Waals surface area contributed by atoms with Gasteiger partial charge in [0.2, 0.25) is 0 Å². The number of fused-ring (bicyclic) bond motifs is 1. The van der Waals surface area contributed by atoms with Gasteiger partial charge in [-0.15, -0.1) is 0 Å². The van der Waals surface area contributed by atoms with Gasteiger partial charge in [-0.3, -0.25) is 14.2 Å². The summed E-state index contributed by atoms with van der Waals surface area (Å²) in [6.07, 6.45) is 1.80. The number of carbonyl (C=O) groups excluding carboxylic acids is 1. The van der Waals surface area contributed by atoms with Crippen molar-refractivity contribution in [3.05, 3.63) is 115 Å². The second-order valence-corrected chi connectivity index (χ2v) is 11.0. The molecule has 1 aliphatic rings. The molecule has 216 valence electrons. The number of hydrogen-bond acceptors (Lipinski definition) is 7. The average Bonchev–Trinajstić information content (AvgIpc) is 3.27. The summed E-state index contributed by atoms with van der Waals surface area (Å²) in [6, 6.07) is 21.6. The predicted molar refractivity (Wildman–Crippen MR) is 165 cm³/mol. The zero-order valence-electron chi connectivity index (χ0n) is 24.2. The summed E-state index contributed by atoms with van der Waals surface area (Å²) in [7, 11) is 1.59. The van der Waals surface area contributed by atoms with E-state index in [4.69, 9.17) is 19.2 Å². The van der Waals surface area contributed by atoms with Gasteiger partial charge in [0.1, 0.15) is 5.75 Å². The molecule has 9 heteroatoms. The first-order chi connectivity index (χ1) is 20.3. The Labute approximate surface area is 248 Å². The van der Waals surface area contributed by atoms with E-state index in [0.29, 0.717) is 50.1 Å². The summed E-state index contributed by atoms with van der Waals surface area (Å²) in [4.78, 5) is 33.0. The van der Waals surface area contributed by atoms with E-state index >= 15 is 0 Å². The molecule has 8 nitrogen and oxygen atoms in total. The van der Waals surface area contributed by atoms with Crippen LogP contribution in [0.4, 0.5) is 5.69 Å². The molecular weight excluding hydrogens is 550 g/mol. The summed E-state index contributed by atoms with van der Waals surface area (Å²) < 4.78 is 19.1. The molecule has 0 bridgehead atoms. The predicted octanol–water partition coefficient (Wildman–Crippen LogP) is 5.07. The van der Waals surface area contributed by atoms with Crippen LogP contribution in [0.3, 0.4) is 0 Å². The number of allylic oxidation sites excluding steroid dienone is 1. The number of methoxy groups -OCH3 is 1. The van der Waals surface area contributed by atoms with Crippen molar-refractivity contribution in [2.45, 2.75) is 39.8 Å². The summed E-state index contributed by atoms with van der Waals surface area (Å²) >= 11 is 1.28. The molecule has 1 atom stereocenters. The first-order valence-electron chi connectivity index (χ1n) is 13.8. The Bertz CT molecular complexity index is 1810. The van der Waals surface area contributed by atoms with Crippen LogP contribution in [0.15, 0.2) is 93.9 Å². The fourth-order valence-electron chi connectivity index (χ4n) is 4.84. The molecule has 0 fully saturated rings. The van der Waals surface area contributed by atoms with E-state index in [1.807, 2.05) is 99.6 Å². The molecule has 0 aliphatic carbocycles. The maximum atomic E-state index is 14.0. The van der Waals surface area contributed by atoms with Gasteiger partial charge in [-0.2, -0.15) is 0 Å². The number of benzene rings is 3. The highest BCUT2D eigenvalue weighted by Gasteiger charge is 2.32. The normalized spacial score (nSPS) is 14.8. The van der Waals surface area contributed by atoms with Gasteiger partial charge >= 0.3 is 0 Å². The first kappa shape index (κ1) is 28.9. The minimum atomic E-state index is -0.681. The summed E-state index contributed by atoms with van der Waals surface area (Å²) in [5, 5.41) is 2.97. The second kappa shape index (κ2) is 12.5. The zero-order chi connectivity index (χ0) is 29.8. The maximum absolute atomic E-state index is 14.0. The van der Waals surface area contributed by atoms with Gasteiger partial charge in [0.25, 0.3) is 11.5 Å². The topological polar surface area (TPSA) is 91.2 Å². The smallest absolute Gasteiger partial charge is 0.271 e. The van der Waals surface area contributed by atoms with E-state index in [1.165, 1.54) is 11.3 Å². The van der Waals surface area contributed by atoms with Crippen LogP contribution in [0, 0.1) is 0 Å². The van der Waals surface area contributed by atoms with Gasteiger partial charge in [-0.1, -0.05) is 47.7 Å². The summed E-state index contributed by atoms with van der Waals surface area (Å²) in [5.41, 5.74) is 2.92. The third-order valence-corrected chi connectivity index (χ3v) is 7.64. The Morgan fingerprint density at radius 3 is 2.48 bits per heavy atom. The van der Waals surface area contributed by atoms with E-state index in [0.717, 1.165) is 11.1 Å². The molecule has 1 aromatic heterocycles. The van der Waals surface area contributed by atoms with Crippen molar-refractivity contribution in [2.24, 2.45) is 4.99 Å². The van der Waals surface area contributed by atoms with E-state index in [-0.39, 0.29) is 17.6 Å². The van der Waals surface area contributed by atoms with Crippen LogP contribution in [0.2, 0.25) is 0 Å². The Hall–Kier alpha value is -4.63. The van der Waals surface area contributed by atoms with Crippen molar-refractivity contribution in [1.82, 2.24) is 4.57 Å². The molecule has 0 saturated heterocycles. The number of para-hydroxylation sites is 1. The molecule has 0 saturated carbocycles. The lowest BCUT2D eigenvalue weighted by molar-refractivity contribution is -0.113. The number of ether oxygens (including phenoxy) is 3. The summed E-state index contributed by atoms with van der Waals surface area (Å²) in [6.45, 7) is 8.16. The van der Waals surface area contributed by atoms with Crippen LogP contribution in [0.5, 0.6) is 17.2 Å². The highest BCUT2D eigenvalue weighted by Crippen LogP contribution is 2.32. The molecule has 1 N–H and O–H groups in total. The Balaban J connectivity index is 1.62. The van der Waals surface area contributed by atoms with Gasteiger partial charge in [-0.25, -0.2) is 4.99 Å². The molecule has 0 unspecified atom stereocenters. The van der Waals surface area contributed by atoms with E-state index < -0.39 is 6.04 Å². The van der Waals surface area contributed by atoms with E-state index in [9.17, 15) is 9.59 Å². The first-order valence-corrected chi connectivity index (χ1v) is 14.6. The molecule has 3 aromatic carbocycles. The van der Waals surface area contributed by atoms with Crippen LogP contribution in [0.1, 0.15) is 44.9 Å². The van der Waals surface area contributed by atoms with Crippen LogP contribution in [-0.4, -0.2) is 30.3 Å². The Morgan fingerprint density at radius 2 is 1.81 bits per heavy atom. The van der Waals surface area contributed by atoms with Crippen molar-refractivity contribution in [3.8, 4) is 17.2 Å². The van der Waals surface area contributed by atoms with Crippen LogP contribution in [0.25, 0.3) is 6.08 Å². The number of nitrogens with one attached hydrogen (secondary N) is 1. The van der Waals surface area contributed by atoms with Crippen molar-refractivity contribution < 1.29 is 19.0 Å². The minimum Gasteiger partial charge on any atom is -0.494 e. The molecule has 5 rings (SSSR count). The molecular formula is C33H33N3O5S. The number of rotatable bonds is 9. The average molecular weight is 584 g/mol. The van der Waals surface area contributed by atoms with E-state index in [2.05, 4.69) is 5.32 Å². The van der Waals surface area contributed by atoms with Crippen molar-refractivity contribution in [1.29, 1.82) is 0 Å². The minimum absolute atomic E-state index is 0.00688. The molecule has 0 radical (unpaired) electrons. The molecule has 42 heavy (non-hydrogen) atoms. The zero-order valence-corrected chi connectivity index (χ0v) is 25.0. The third-order valence-electron chi connectivity index (χ3n) is 6.65. The number of amides is 1. The number of nitrogens with zero attached hydrogens (tertiary/aromatic N) is 2. The quantitative estimate of drug-likeness (QED) is 0.297. The number of hydrogen-bond donors (Lipinski definition) is 1. The Kier molecular flexibility index (Phi) is 8.59. The fourth-order valence-corrected chi connectivity index (χ4v) is 5.88. The maximum Gasteiger partial charge on any atom is 0.271 e. The number of anilines is 1. The standard InChI is InChI=1S/C33H33N3O5S/c1-6-40-25-15-13-23(14-16-25)30-29(31(37)35-24-10-8-7-9-11-24)21(4)34-33-36(30)32(38)28(42-33)19-22-12-17-26(41-20(2)3)27(18-22)39-5/h7-20,30H,6H2,1-5H3,(H,35,37)/b28-19-/t30-/m0/s1. The number of thiazole rings is 1. The molecule has 2 heterocycles. The van der Waals surface area contributed by atoms with Crippen molar-refractivity contribution >= 4 is 29.0 Å².